The third-order valence-electron chi connectivity index (χ3n) is 2.64. The molecular formula is C11H22GeTi. The summed E-state index contributed by atoms with van der Waals surface area (Å²) in [6, 6.07) is 0. The van der Waals surface area contributed by atoms with E-state index in [2.05, 4.69) is 45.1 Å². The zero-order valence-electron chi connectivity index (χ0n) is 9.86. The molecule has 0 spiro atoms. The standard InChI is InChI=1S/C8H13Ge.3CH3.Ti/c1-9(2,3)8-6-4-5-7-8;;;;/h4,6H,5H2,1-3H3;3*1H3;. The van der Waals surface area contributed by atoms with Crippen molar-refractivity contribution in [3.63, 3.8) is 0 Å². The molecule has 0 atom stereocenters. The molecular weight excluding hydrogens is 253 g/mol. The topological polar surface area (TPSA) is 0 Å². The van der Waals surface area contributed by atoms with Crippen LogP contribution in [0.1, 0.15) is 6.42 Å². The quantitative estimate of drug-likeness (QED) is 0.656. The van der Waals surface area contributed by atoms with E-state index in [1.807, 2.05) is 8.28 Å². The zero-order valence-corrected chi connectivity index (χ0v) is 13.5. The van der Waals surface area contributed by atoms with Gasteiger partial charge in [0.15, 0.2) is 0 Å². The first kappa shape index (κ1) is 11.8. The molecule has 0 saturated carbocycles. The van der Waals surface area contributed by atoms with E-state index in [-0.39, 0.29) is 0 Å². The van der Waals surface area contributed by atoms with Gasteiger partial charge in [-0.05, 0) is 0 Å². The number of hydrogen-bond donors (Lipinski definition) is 0. The average Bonchev–Trinajstić information content (AvgIpc) is 2.27. The van der Waals surface area contributed by atoms with Gasteiger partial charge in [0, 0.05) is 0 Å². The summed E-state index contributed by atoms with van der Waals surface area (Å²) in [7, 11) is 0. The fraction of sp³-hybridized carbons (Fsp3) is 0.636. The average molecular weight is 275 g/mol. The third-order valence-corrected chi connectivity index (χ3v) is 11.4. The molecule has 0 radical (unpaired) electrons. The van der Waals surface area contributed by atoms with E-state index in [0.717, 1.165) is 0 Å². The summed E-state index contributed by atoms with van der Waals surface area (Å²) in [6.45, 7) is 0. The molecule has 0 bridgehead atoms. The SMILES string of the molecule is [CH3][Ti]([CH3])([CH3])[C]1=[C]([Ge]([CH3])([CH3])[CH3])C=CC1. The second-order valence-corrected chi connectivity index (χ2v) is 24.5. The van der Waals surface area contributed by atoms with Crippen LogP contribution in [-0.2, 0) is 16.6 Å². The monoisotopic (exact) mass is 276 g/mol. The Labute approximate surface area is 89.2 Å². The molecule has 1 aliphatic carbocycles. The predicted molar refractivity (Wildman–Crippen MR) is 61.7 cm³/mol. The van der Waals surface area contributed by atoms with Gasteiger partial charge in [-0.1, -0.05) is 0 Å². The van der Waals surface area contributed by atoms with Crippen LogP contribution >= 0.6 is 0 Å². The van der Waals surface area contributed by atoms with Crippen molar-refractivity contribution < 1.29 is 16.6 Å². The first-order chi connectivity index (χ1) is 5.73. The van der Waals surface area contributed by atoms with Crippen LogP contribution in [0.25, 0.3) is 0 Å². The van der Waals surface area contributed by atoms with Crippen molar-refractivity contribution in [3.05, 3.63) is 20.4 Å². The van der Waals surface area contributed by atoms with Gasteiger partial charge >= 0.3 is 89.7 Å². The van der Waals surface area contributed by atoms with Gasteiger partial charge in [0.05, 0.1) is 0 Å². The predicted octanol–water partition coefficient (Wildman–Crippen LogP) is 4.38. The fourth-order valence-corrected chi connectivity index (χ4v) is 14.1. The Morgan fingerprint density at radius 1 is 1.15 bits per heavy atom. The van der Waals surface area contributed by atoms with Crippen molar-refractivity contribution in [1.82, 2.24) is 0 Å². The van der Waals surface area contributed by atoms with Gasteiger partial charge in [0.1, 0.15) is 0 Å². The van der Waals surface area contributed by atoms with Crippen molar-refractivity contribution in [1.29, 1.82) is 0 Å². The summed E-state index contributed by atoms with van der Waals surface area (Å²) in [6.07, 6.45) is 6.10. The van der Waals surface area contributed by atoms with Crippen molar-refractivity contribution >= 4 is 13.3 Å². The Hall–Kier alpha value is 0.737. The summed E-state index contributed by atoms with van der Waals surface area (Å²) < 4.78 is 3.69. The molecule has 2 heteroatoms. The maximum atomic E-state index is 2.52. The molecule has 0 fully saturated rings. The number of allylic oxidation sites excluding steroid dienone is 4. The Balaban J connectivity index is 3.10. The van der Waals surface area contributed by atoms with Crippen LogP contribution in [0, 0.1) is 0 Å². The molecule has 0 amide bonds. The normalized spacial score (nSPS) is 18.6. The minimum atomic E-state index is -1.55. The summed E-state index contributed by atoms with van der Waals surface area (Å²) in [4.78, 5) is 0. The molecule has 1 aliphatic rings. The van der Waals surface area contributed by atoms with E-state index in [9.17, 15) is 0 Å². The van der Waals surface area contributed by atoms with Gasteiger partial charge in [-0.25, -0.2) is 0 Å². The summed E-state index contributed by atoms with van der Waals surface area (Å²) >= 11 is -3.07. The van der Waals surface area contributed by atoms with E-state index in [4.69, 9.17) is 0 Å². The Morgan fingerprint density at radius 3 is 2.00 bits per heavy atom. The van der Waals surface area contributed by atoms with Gasteiger partial charge in [-0.3, -0.25) is 0 Å². The minimum absolute atomic E-state index is 1.28. The Kier molecular flexibility index (Phi) is 3.37. The molecule has 0 aromatic heterocycles. The van der Waals surface area contributed by atoms with E-state index >= 15 is 0 Å². The molecule has 0 heterocycles. The zero-order chi connectivity index (χ0) is 10.3. The molecule has 1 rings (SSSR count). The summed E-state index contributed by atoms with van der Waals surface area (Å²) in [5.74, 6) is 7.54. The molecule has 0 unspecified atom stereocenters. The van der Waals surface area contributed by atoms with Crippen LogP contribution in [0.3, 0.4) is 0 Å². The van der Waals surface area contributed by atoms with Gasteiger partial charge in [0.2, 0.25) is 0 Å². The second-order valence-electron chi connectivity index (χ2n) is 6.00. The molecule has 0 aromatic carbocycles. The van der Waals surface area contributed by atoms with E-state index in [1.54, 1.807) is 0 Å². The van der Waals surface area contributed by atoms with Crippen molar-refractivity contribution in [2.75, 3.05) is 0 Å². The molecule has 13 heavy (non-hydrogen) atoms. The first-order valence-corrected chi connectivity index (χ1v) is 17.9. The van der Waals surface area contributed by atoms with Crippen LogP contribution in [0.5, 0.6) is 0 Å². The van der Waals surface area contributed by atoms with E-state index in [1.165, 1.54) is 6.42 Å². The number of hydrogen-bond acceptors (Lipinski definition) is 0. The number of rotatable bonds is 2. The third kappa shape index (κ3) is 2.84. The van der Waals surface area contributed by atoms with Gasteiger partial charge in [0.25, 0.3) is 0 Å². The van der Waals surface area contributed by atoms with Crippen molar-refractivity contribution in [2.24, 2.45) is 0 Å². The Bertz CT molecular complexity index is 261. The molecule has 0 N–H and O–H groups in total. The van der Waals surface area contributed by atoms with Gasteiger partial charge in [-0.15, -0.1) is 0 Å². The second kappa shape index (κ2) is 3.71. The molecule has 74 valence electrons. The van der Waals surface area contributed by atoms with Crippen LogP contribution in [-0.4, -0.2) is 13.3 Å². The van der Waals surface area contributed by atoms with Crippen molar-refractivity contribution in [3.8, 4) is 0 Å². The van der Waals surface area contributed by atoms with Crippen LogP contribution in [0.2, 0.25) is 33.0 Å². The van der Waals surface area contributed by atoms with E-state index in [0.29, 0.717) is 0 Å². The first-order valence-electron chi connectivity index (χ1n) is 5.13. The summed E-state index contributed by atoms with van der Waals surface area (Å²) in [5.41, 5.74) is 0. The molecule has 0 aromatic rings. The van der Waals surface area contributed by atoms with Crippen LogP contribution < -0.4 is 0 Å². The maximum absolute atomic E-state index is 2.52. The Morgan fingerprint density at radius 2 is 1.69 bits per heavy atom. The molecule has 0 saturated heterocycles. The molecule has 0 nitrogen and oxygen atoms in total. The fourth-order valence-electron chi connectivity index (χ4n) is 1.92. The van der Waals surface area contributed by atoms with Gasteiger partial charge in [-0.2, -0.15) is 0 Å². The van der Waals surface area contributed by atoms with Crippen LogP contribution in [0.4, 0.5) is 0 Å². The van der Waals surface area contributed by atoms with Crippen molar-refractivity contribution in [2.45, 2.75) is 39.4 Å². The van der Waals surface area contributed by atoms with Gasteiger partial charge < -0.3 is 0 Å². The summed E-state index contributed by atoms with van der Waals surface area (Å²) in [5, 5.41) is 7.57. The molecule has 0 aliphatic heterocycles. The van der Waals surface area contributed by atoms with Crippen LogP contribution in [0.15, 0.2) is 20.4 Å². The van der Waals surface area contributed by atoms with E-state index < -0.39 is 29.9 Å².